The minimum Gasteiger partial charge on any atom is -0.481 e. The van der Waals surface area contributed by atoms with Crippen molar-refractivity contribution in [3.63, 3.8) is 0 Å². The zero-order valence-corrected chi connectivity index (χ0v) is 28.0. The smallest absolute Gasteiger partial charge is 0.140 e. The molecule has 0 bridgehead atoms. The summed E-state index contributed by atoms with van der Waals surface area (Å²) in [6.45, 7) is 14.1. The largest absolute Gasteiger partial charge is 0.481 e. The summed E-state index contributed by atoms with van der Waals surface area (Å²) < 4.78 is 7.25. The molecule has 1 aliphatic rings. The Morgan fingerprint density at radius 1 is 0.769 bits per heavy atom. The zero-order valence-electron chi connectivity index (χ0n) is 26.4. The molecule has 2 aromatic heterocycles. The number of thiophene rings is 2. The lowest BCUT2D eigenvalue weighted by molar-refractivity contribution is 0.0186. The Hall–Kier alpha value is -0.800. The predicted octanol–water partition coefficient (Wildman–Crippen LogP) is 13.3. The Morgan fingerprint density at radius 3 is 2.13 bits per heavy atom. The van der Waals surface area contributed by atoms with E-state index in [4.69, 9.17) is 4.74 Å². The Bertz CT molecular complexity index is 924. The van der Waals surface area contributed by atoms with Crippen molar-refractivity contribution in [2.45, 2.75) is 163 Å². The molecule has 0 saturated heterocycles. The molecule has 39 heavy (non-hydrogen) atoms. The molecule has 0 aromatic carbocycles. The van der Waals surface area contributed by atoms with Gasteiger partial charge in [-0.05, 0) is 61.5 Å². The first kappa shape index (κ1) is 32.7. The second kappa shape index (κ2) is 17.2. The quantitative estimate of drug-likeness (QED) is 0.135. The average Bonchev–Trinajstić information content (AvgIpc) is 3.54. The monoisotopic (exact) mass is 572 g/mol. The highest BCUT2D eigenvalue weighted by Crippen LogP contribution is 2.55. The van der Waals surface area contributed by atoms with Crippen molar-refractivity contribution in [1.29, 1.82) is 0 Å². The number of unbranched alkanes of at least 4 members (excludes halogenated alkanes) is 8. The molecule has 3 rings (SSSR count). The normalized spacial score (nSPS) is 18.1. The molecule has 0 fully saturated rings. The summed E-state index contributed by atoms with van der Waals surface area (Å²) in [4.78, 5) is 4.26. The van der Waals surface area contributed by atoms with Gasteiger partial charge in [0.2, 0.25) is 0 Å². The van der Waals surface area contributed by atoms with Crippen LogP contribution in [-0.2, 0) is 5.60 Å². The first-order chi connectivity index (χ1) is 18.9. The summed E-state index contributed by atoms with van der Waals surface area (Å²) >= 11 is 3.87. The van der Waals surface area contributed by atoms with Crippen molar-refractivity contribution in [2.24, 2.45) is 17.8 Å². The van der Waals surface area contributed by atoms with Gasteiger partial charge in [0.1, 0.15) is 11.4 Å². The Morgan fingerprint density at radius 2 is 1.44 bits per heavy atom. The maximum absolute atomic E-state index is 7.25. The van der Waals surface area contributed by atoms with E-state index < -0.39 is 0 Å². The highest BCUT2D eigenvalue weighted by molar-refractivity contribution is 7.21. The van der Waals surface area contributed by atoms with E-state index >= 15 is 0 Å². The van der Waals surface area contributed by atoms with Crippen LogP contribution >= 0.6 is 22.7 Å². The third kappa shape index (κ3) is 10.2. The van der Waals surface area contributed by atoms with Crippen LogP contribution in [0.3, 0.4) is 0 Å². The SMILES string of the molecule is CCCCCCCCC(CCCCCC)CC1(CCC(C)CCCC(C)C)Oc2cc(C)sc2-c2sccc21. The third-order valence-electron chi connectivity index (χ3n) is 9.06. The lowest BCUT2D eigenvalue weighted by atomic mass is 9.75. The standard InChI is InChI=1S/C36H60OS2/c1-7-9-11-13-14-16-21-31(20-15-12-10-8-2)27-36(24-22-29(5)19-17-18-28(3)4)32-23-25-38-34(32)35-33(37-36)26-30(6)39-35/h23,25-26,28-29,31H,7-22,24,27H2,1-6H3. The first-order valence-corrected chi connectivity index (χ1v) is 18.5. The van der Waals surface area contributed by atoms with Gasteiger partial charge >= 0.3 is 0 Å². The van der Waals surface area contributed by atoms with E-state index in [2.05, 4.69) is 59.1 Å². The highest BCUT2D eigenvalue weighted by Gasteiger charge is 2.43. The van der Waals surface area contributed by atoms with E-state index in [0.29, 0.717) is 0 Å². The summed E-state index contributed by atoms with van der Waals surface area (Å²) in [6.07, 6.45) is 24.3. The molecule has 0 amide bonds. The highest BCUT2D eigenvalue weighted by atomic mass is 32.1. The van der Waals surface area contributed by atoms with Crippen LogP contribution < -0.4 is 4.74 Å². The van der Waals surface area contributed by atoms with Crippen LogP contribution in [0.4, 0.5) is 0 Å². The minimum absolute atomic E-state index is 0.153. The molecule has 0 spiro atoms. The maximum Gasteiger partial charge on any atom is 0.140 e. The number of ether oxygens (including phenoxy) is 1. The second-order valence-corrected chi connectivity index (χ2v) is 15.4. The number of fused-ring (bicyclic) bond motifs is 3. The van der Waals surface area contributed by atoms with E-state index in [9.17, 15) is 0 Å². The van der Waals surface area contributed by atoms with Gasteiger partial charge in [-0.25, -0.2) is 0 Å². The molecule has 1 aliphatic heterocycles. The van der Waals surface area contributed by atoms with Gasteiger partial charge in [-0.1, -0.05) is 131 Å². The molecule has 1 nitrogen and oxygen atoms in total. The molecule has 2 aromatic rings. The van der Waals surface area contributed by atoms with Crippen LogP contribution in [0.1, 0.15) is 161 Å². The fourth-order valence-electron chi connectivity index (χ4n) is 6.66. The van der Waals surface area contributed by atoms with Gasteiger partial charge in [-0.3, -0.25) is 0 Å². The van der Waals surface area contributed by atoms with E-state index in [1.54, 1.807) is 0 Å². The molecule has 0 N–H and O–H groups in total. The van der Waals surface area contributed by atoms with Crippen LogP contribution in [0, 0.1) is 24.7 Å². The summed E-state index contributed by atoms with van der Waals surface area (Å²) in [5.41, 5.74) is 1.36. The Labute approximate surface area is 250 Å². The van der Waals surface area contributed by atoms with E-state index in [-0.39, 0.29) is 5.60 Å². The second-order valence-electron chi connectivity index (χ2n) is 13.3. The number of rotatable bonds is 21. The van der Waals surface area contributed by atoms with Gasteiger partial charge in [-0.15, -0.1) is 22.7 Å². The first-order valence-electron chi connectivity index (χ1n) is 16.8. The molecular formula is C36H60OS2. The average molecular weight is 573 g/mol. The van der Waals surface area contributed by atoms with E-state index in [1.165, 1.54) is 135 Å². The van der Waals surface area contributed by atoms with Gasteiger partial charge in [-0.2, -0.15) is 0 Å². The molecule has 3 unspecified atom stereocenters. The Kier molecular flexibility index (Phi) is 14.4. The van der Waals surface area contributed by atoms with Crippen molar-refractivity contribution in [1.82, 2.24) is 0 Å². The van der Waals surface area contributed by atoms with Gasteiger partial charge < -0.3 is 4.74 Å². The Balaban J connectivity index is 1.78. The fraction of sp³-hybridized carbons (Fsp3) is 0.778. The summed E-state index contributed by atoms with van der Waals surface area (Å²) in [6, 6.07) is 4.76. The van der Waals surface area contributed by atoms with Crippen LogP contribution in [0.25, 0.3) is 9.75 Å². The van der Waals surface area contributed by atoms with Gasteiger partial charge in [0.05, 0.1) is 9.75 Å². The molecule has 222 valence electrons. The third-order valence-corrected chi connectivity index (χ3v) is 11.2. The zero-order chi connectivity index (χ0) is 28.1. The molecule has 3 heterocycles. The maximum atomic E-state index is 7.25. The fourth-order valence-corrected chi connectivity index (χ4v) is 8.75. The van der Waals surface area contributed by atoms with Crippen LogP contribution in [0.15, 0.2) is 17.5 Å². The number of aryl methyl sites for hydroxylation is 1. The molecule has 3 heteroatoms. The summed E-state index contributed by atoms with van der Waals surface area (Å²) in [7, 11) is 0. The van der Waals surface area contributed by atoms with E-state index in [0.717, 1.165) is 24.2 Å². The van der Waals surface area contributed by atoms with Gasteiger partial charge in [0.15, 0.2) is 0 Å². The van der Waals surface area contributed by atoms with Crippen molar-refractivity contribution in [3.8, 4) is 15.5 Å². The minimum atomic E-state index is -0.153. The van der Waals surface area contributed by atoms with Crippen molar-refractivity contribution >= 4 is 22.7 Å². The van der Waals surface area contributed by atoms with Gasteiger partial charge in [0.25, 0.3) is 0 Å². The molecule has 0 radical (unpaired) electrons. The van der Waals surface area contributed by atoms with Crippen molar-refractivity contribution in [2.75, 3.05) is 0 Å². The lowest BCUT2D eigenvalue weighted by Crippen LogP contribution is -2.38. The topological polar surface area (TPSA) is 9.23 Å². The van der Waals surface area contributed by atoms with E-state index in [1.807, 2.05) is 22.7 Å². The molecule has 3 atom stereocenters. The van der Waals surface area contributed by atoms with Crippen LogP contribution in [0.5, 0.6) is 5.75 Å². The number of hydrogen-bond donors (Lipinski definition) is 0. The predicted molar refractivity (Wildman–Crippen MR) is 177 cm³/mol. The van der Waals surface area contributed by atoms with Gasteiger partial charge in [0, 0.05) is 10.4 Å². The lowest BCUT2D eigenvalue weighted by Gasteiger charge is -2.41. The molecular weight excluding hydrogens is 513 g/mol. The number of hydrogen-bond acceptors (Lipinski definition) is 3. The van der Waals surface area contributed by atoms with Crippen molar-refractivity contribution < 1.29 is 4.74 Å². The van der Waals surface area contributed by atoms with Crippen molar-refractivity contribution in [3.05, 3.63) is 28.0 Å². The summed E-state index contributed by atoms with van der Waals surface area (Å²) in [5.74, 6) is 3.51. The van der Waals surface area contributed by atoms with Crippen LogP contribution in [0.2, 0.25) is 0 Å². The molecule has 0 aliphatic carbocycles. The summed E-state index contributed by atoms with van der Waals surface area (Å²) in [5, 5.41) is 2.34. The van der Waals surface area contributed by atoms with Crippen LogP contribution in [-0.4, -0.2) is 0 Å². The molecule has 0 saturated carbocycles.